The molecular weight excluding hydrogens is 555 g/mol. The van der Waals surface area contributed by atoms with Gasteiger partial charge in [-0.2, -0.15) is 0 Å². The Balaban J connectivity index is 1.55. The average molecular weight is 589 g/mol. The van der Waals surface area contributed by atoms with E-state index >= 15 is 4.39 Å². The first-order chi connectivity index (χ1) is 19.9. The number of nitrogens with two attached hydrogens (primary N) is 1. The number of rotatable bonds is 9. The Hall–Kier alpha value is -4.51. The van der Waals surface area contributed by atoms with Crippen LogP contribution in [0, 0.1) is 12.7 Å². The monoisotopic (exact) mass is 588 g/mol. The highest BCUT2D eigenvalue weighted by molar-refractivity contribution is 7.85. The molecular formula is C31H33FN6O3S. The van der Waals surface area contributed by atoms with Gasteiger partial charge in [-0.1, -0.05) is 6.07 Å². The molecule has 0 bridgehead atoms. The van der Waals surface area contributed by atoms with E-state index in [4.69, 9.17) is 10.5 Å². The summed E-state index contributed by atoms with van der Waals surface area (Å²) in [4.78, 5) is 30.3. The van der Waals surface area contributed by atoms with Crippen LogP contribution in [0.5, 0.6) is 11.5 Å². The Morgan fingerprint density at radius 2 is 1.88 bits per heavy atom. The molecule has 0 fully saturated rings. The van der Waals surface area contributed by atoms with Crippen molar-refractivity contribution in [2.75, 3.05) is 0 Å². The third-order valence-corrected chi connectivity index (χ3v) is 7.67. The second-order valence-electron chi connectivity index (χ2n) is 10.6. The molecule has 4 aromatic rings. The zero-order chi connectivity index (χ0) is 30.4. The number of aliphatic imine (C=N–C) groups is 1. The SMILES string of the molecule is Cc1cc(CC(=O)N/C(C=NC(C)(C)C)=C/N)cc(F)c1Oc1ccnc2ccc(S(=O)C(C)c3ncccn3)cc12. The minimum absolute atomic E-state index is 0.0177. The topological polar surface area (TPSA) is 132 Å². The highest BCUT2D eigenvalue weighted by Gasteiger charge is 2.20. The van der Waals surface area contributed by atoms with Gasteiger partial charge in [-0.25, -0.2) is 14.4 Å². The molecule has 2 heterocycles. The van der Waals surface area contributed by atoms with E-state index in [2.05, 4.69) is 25.3 Å². The van der Waals surface area contributed by atoms with Gasteiger partial charge in [-0.3, -0.25) is 19.0 Å². The molecule has 2 aromatic carbocycles. The molecule has 0 saturated carbocycles. The lowest BCUT2D eigenvalue weighted by Gasteiger charge is -2.15. The summed E-state index contributed by atoms with van der Waals surface area (Å²) < 4.78 is 34.7. The van der Waals surface area contributed by atoms with Crippen LogP contribution in [0.4, 0.5) is 4.39 Å². The van der Waals surface area contributed by atoms with E-state index in [0.29, 0.717) is 44.2 Å². The first-order valence-electron chi connectivity index (χ1n) is 13.3. The number of carbonyl (C=O) groups excluding carboxylic acids is 1. The van der Waals surface area contributed by atoms with Crippen molar-refractivity contribution < 1.29 is 18.1 Å². The van der Waals surface area contributed by atoms with Gasteiger partial charge in [0.05, 0.1) is 39.2 Å². The summed E-state index contributed by atoms with van der Waals surface area (Å²) in [5.41, 5.74) is 7.21. The molecule has 0 aliphatic heterocycles. The first kappa shape index (κ1) is 30.4. The summed E-state index contributed by atoms with van der Waals surface area (Å²) in [7, 11) is -1.46. The van der Waals surface area contributed by atoms with Crippen LogP contribution in [0.15, 0.2) is 82.8 Å². The van der Waals surface area contributed by atoms with Gasteiger partial charge < -0.3 is 15.8 Å². The fourth-order valence-corrected chi connectivity index (χ4v) is 5.21. The van der Waals surface area contributed by atoms with Crippen LogP contribution in [0.2, 0.25) is 0 Å². The highest BCUT2D eigenvalue weighted by atomic mass is 32.2. The zero-order valence-electron chi connectivity index (χ0n) is 24.1. The van der Waals surface area contributed by atoms with Gasteiger partial charge in [0.2, 0.25) is 5.91 Å². The molecule has 2 aromatic heterocycles. The van der Waals surface area contributed by atoms with Crippen LogP contribution in [0.3, 0.4) is 0 Å². The van der Waals surface area contributed by atoms with Crippen molar-refractivity contribution in [2.24, 2.45) is 10.7 Å². The lowest BCUT2D eigenvalue weighted by atomic mass is 10.1. The maximum Gasteiger partial charge on any atom is 0.228 e. The number of halogens is 1. The number of ether oxygens (including phenoxy) is 1. The molecule has 1 amide bonds. The minimum Gasteiger partial charge on any atom is -0.453 e. The molecule has 0 aliphatic rings. The second kappa shape index (κ2) is 13.0. The maximum atomic E-state index is 15.3. The molecule has 3 N–H and O–H groups in total. The van der Waals surface area contributed by atoms with Gasteiger partial charge in [0.25, 0.3) is 0 Å². The highest BCUT2D eigenvalue weighted by Crippen LogP contribution is 2.35. The number of aryl methyl sites for hydroxylation is 1. The van der Waals surface area contributed by atoms with E-state index in [0.717, 1.165) is 0 Å². The molecule has 2 unspecified atom stereocenters. The Morgan fingerprint density at radius 3 is 2.55 bits per heavy atom. The zero-order valence-corrected chi connectivity index (χ0v) is 24.9. The lowest BCUT2D eigenvalue weighted by Crippen LogP contribution is -2.26. The summed E-state index contributed by atoms with van der Waals surface area (Å²) in [6.45, 7) is 9.26. The molecule has 218 valence electrons. The largest absolute Gasteiger partial charge is 0.453 e. The Bertz CT molecular complexity index is 1660. The minimum atomic E-state index is -1.46. The number of nitrogens with one attached hydrogen (secondary N) is 1. The van der Waals surface area contributed by atoms with Crippen molar-refractivity contribution in [2.45, 2.75) is 56.7 Å². The summed E-state index contributed by atoms with van der Waals surface area (Å²) >= 11 is 0. The number of benzene rings is 2. The van der Waals surface area contributed by atoms with Gasteiger partial charge in [0.15, 0.2) is 11.6 Å². The number of aromatic nitrogens is 3. The predicted molar refractivity (Wildman–Crippen MR) is 162 cm³/mol. The number of hydrogen-bond acceptors (Lipinski definition) is 8. The molecule has 0 radical (unpaired) electrons. The molecule has 0 aliphatic carbocycles. The number of pyridine rings is 1. The molecule has 9 nitrogen and oxygen atoms in total. The predicted octanol–water partition coefficient (Wildman–Crippen LogP) is 5.46. The Kier molecular flexibility index (Phi) is 9.41. The van der Waals surface area contributed by atoms with Crippen molar-refractivity contribution in [1.29, 1.82) is 0 Å². The molecule has 42 heavy (non-hydrogen) atoms. The quantitative estimate of drug-likeness (QED) is 0.248. The van der Waals surface area contributed by atoms with E-state index < -0.39 is 21.9 Å². The normalized spacial score (nSPS) is 13.7. The molecule has 0 spiro atoms. The Morgan fingerprint density at radius 1 is 1.14 bits per heavy atom. The standard InChI is InChI=1S/C31H33FN6O3S/c1-19-13-21(15-28(39)38-22(17-33)18-37-31(3,4)5)14-25(32)29(19)41-27-9-12-34-26-8-7-23(16-24(26)27)42(40)20(2)30-35-10-6-11-36-30/h6-14,16-18,20H,15,33H2,1-5H3,(H,38,39)/b22-17+,37-18?. The van der Waals surface area contributed by atoms with E-state index in [1.807, 2.05) is 20.8 Å². The van der Waals surface area contributed by atoms with Crippen molar-refractivity contribution in [1.82, 2.24) is 20.3 Å². The van der Waals surface area contributed by atoms with Gasteiger partial charge in [0.1, 0.15) is 11.6 Å². The summed E-state index contributed by atoms with van der Waals surface area (Å²) in [5.74, 6) is -0.148. The van der Waals surface area contributed by atoms with Crippen LogP contribution in [-0.2, 0) is 22.0 Å². The van der Waals surface area contributed by atoms with Crippen LogP contribution >= 0.6 is 0 Å². The number of amides is 1. The fraction of sp³-hybridized carbons (Fsp3) is 0.258. The molecule has 11 heteroatoms. The third-order valence-electron chi connectivity index (χ3n) is 6.10. The molecule has 2 atom stereocenters. The van der Waals surface area contributed by atoms with Crippen molar-refractivity contribution in [3.05, 3.63) is 95.7 Å². The average Bonchev–Trinajstić information content (AvgIpc) is 2.96. The fourth-order valence-electron chi connectivity index (χ4n) is 4.05. The second-order valence-corrected chi connectivity index (χ2v) is 12.4. The summed E-state index contributed by atoms with van der Waals surface area (Å²) in [6, 6.07) is 11.5. The number of nitrogens with zero attached hydrogens (tertiary/aromatic N) is 4. The molecule has 0 saturated heterocycles. The summed E-state index contributed by atoms with van der Waals surface area (Å²) in [5, 5.41) is 2.81. The first-order valence-corrected chi connectivity index (χ1v) is 14.5. The maximum absolute atomic E-state index is 15.3. The van der Waals surface area contributed by atoms with E-state index in [1.165, 1.54) is 18.5 Å². The Labute approximate surface area is 246 Å². The van der Waals surface area contributed by atoms with E-state index in [1.54, 1.807) is 68.8 Å². The van der Waals surface area contributed by atoms with Crippen molar-refractivity contribution in [3.8, 4) is 11.5 Å². The number of carbonyl (C=O) groups is 1. The van der Waals surface area contributed by atoms with Crippen LogP contribution < -0.4 is 15.8 Å². The summed E-state index contributed by atoms with van der Waals surface area (Å²) in [6.07, 6.45) is 7.46. The van der Waals surface area contributed by atoms with Crippen molar-refractivity contribution >= 4 is 33.8 Å². The smallest absolute Gasteiger partial charge is 0.228 e. The van der Waals surface area contributed by atoms with E-state index in [9.17, 15) is 9.00 Å². The van der Waals surface area contributed by atoms with Crippen LogP contribution in [0.1, 0.15) is 49.9 Å². The van der Waals surface area contributed by atoms with Gasteiger partial charge >= 0.3 is 0 Å². The number of allylic oxidation sites excluding steroid dienone is 1. The van der Waals surface area contributed by atoms with Crippen molar-refractivity contribution in [3.63, 3.8) is 0 Å². The molecule has 4 rings (SSSR count). The lowest BCUT2D eigenvalue weighted by molar-refractivity contribution is -0.119. The van der Waals surface area contributed by atoms with Gasteiger partial charge in [-0.15, -0.1) is 0 Å². The van der Waals surface area contributed by atoms with E-state index in [-0.39, 0.29) is 23.6 Å². The van der Waals surface area contributed by atoms with Gasteiger partial charge in [-0.05, 0) is 82.1 Å². The van der Waals surface area contributed by atoms with Gasteiger partial charge in [0, 0.05) is 41.3 Å². The number of hydrogen-bond donors (Lipinski definition) is 2. The third kappa shape index (κ3) is 7.61. The van der Waals surface area contributed by atoms with Crippen LogP contribution in [0.25, 0.3) is 10.9 Å². The van der Waals surface area contributed by atoms with Crippen LogP contribution in [-0.4, -0.2) is 36.8 Å². The number of fused-ring (bicyclic) bond motifs is 1.